The highest BCUT2D eigenvalue weighted by Crippen LogP contribution is 2.28. The van der Waals surface area contributed by atoms with E-state index < -0.39 is 48.6 Å². The van der Waals surface area contributed by atoms with Crippen LogP contribution in [0.15, 0.2) is 0 Å². The number of esters is 3. The number of aliphatic hydroxyl groups is 1. The number of carbonyl (C=O) groups is 3. The van der Waals surface area contributed by atoms with Crippen LogP contribution >= 0.6 is 0 Å². The van der Waals surface area contributed by atoms with Gasteiger partial charge in [-0.3, -0.25) is 14.4 Å². The number of ether oxygens (including phenoxy) is 4. The van der Waals surface area contributed by atoms with Crippen LogP contribution in [0, 0.1) is 12.3 Å². The van der Waals surface area contributed by atoms with Gasteiger partial charge in [-0.15, -0.1) is 6.42 Å². The Morgan fingerprint density at radius 1 is 0.833 bits per heavy atom. The Kier molecular flexibility index (Phi) is 12.1. The lowest BCUT2D eigenvalue weighted by atomic mass is 9.98. The van der Waals surface area contributed by atoms with Crippen LogP contribution < -0.4 is 0 Å². The fourth-order valence-electron chi connectivity index (χ4n) is 2.89. The number of unbranched alkanes of at least 4 members (excludes halogenated alkanes) is 3. The van der Waals surface area contributed by atoms with E-state index in [9.17, 15) is 19.5 Å². The van der Waals surface area contributed by atoms with Crippen molar-refractivity contribution < 1.29 is 38.4 Å². The number of terminal acetylenes is 1. The van der Waals surface area contributed by atoms with Gasteiger partial charge in [0.1, 0.15) is 6.10 Å². The Morgan fingerprint density at radius 2 is 1.27 bits per heavy atom. The van der Waals surface area contributed by atoms with Crippen LogP contribution in [0.25, 0.3) is 0 Å². The summed E-state index contributed by atoms with van der Waals surface area (Å²) < 4.78 is 21.7. The van der Waals surface area contributed by atoms with Gasteiger partial charge in [-0.25, -0.2) is 0 Å². The summed E-state index contributed by atoms with van der Waals surface area (Å²) in [6.45, 7) is 5.78. The normalized spacial score (nSPS) is 25.8. The van der Waals surface area contributed by atoms with E-state index in [4.69, 9.17) is 25.4 Å². The van der Waals surface area contributed by atoms with E-state index in [0.717, 1.165) is 19.3 Å². The first kappa shape index (κ1) is 25.9. The van der Waals surface area contributed by atoms with Gasteiger partial charge in [-0.1, -0.05) is 46.0 Å². The number of hydrogen-bond acceptors (Lipinski definition) is 8. The maximum absolute atomic E-state index is 12.3. The SMILES string of the molecule is C#CC1OC(OC(=O)CCCC)C(OC(=O)CCCC)[C@H](OC(=O)CCCC)[C@@H]1O. The molecule has 1 rings (SSSR count). The van der Waals surface area contributed by atoms with Crippen molar-refractivity contribution in [3.05, 3.63) is 0 Å². The largest absolute Gasteiger partial charge is 0.455 e. The van der Waals surface area contributed by atoms with Gasteiger partial charge in [-0.2, -0.15) is 0 Å². The third-order valence-corrected chi connectivity index (χ3v) is 4.67. The van der Waals surface area contributed by atoms with Crippen LogP contribution in [0.3, 0.4) is 0 Å². The molecule has 1 saturated heterocycles. The van der Waals surface area contributed by atoms with E-state index in [-0.39, 0.29) is 19.3 Å². The van der Waals surface area contributed by atoms with Crippen molar-refractivity contribution in [2.75, 3.05) is 0 Å². The average molecular weight is 427 g/mol. The summed E-state index contributed by atoms with van der Waals surface area (Å²) in [6, 6.07) is 0. The molecule has 1 aliphatic rings. The Hall–Kier alpha value is -2.11. The molecule has 1 heterocycles. The molecule has 30 heavy (non-hydrogen) atoms. The molecule has 0 bridgehead atoms. The number of hydrogen-bond donors (Lipinski definition) is 1. The van der Waals surface area contributed by atoms with E-state index in [1.165, 1.54) is 0 Å². The van der Waals surface area contributed by atoms with Gasteiger partial charge in [0.05, 0.1) is 0 Å². The van der Waals surface area contributed by atoms with Crippen LogP contribution in [0.1, 0.15) is 78.6 Å². The van der Waals surface area contributed by atoms with Crippen molar-refractivity contribution in [3.63, 3.8) is 0 Å². The van der Waals surface area contributed by atoms with E-state index in [1.54, 1.807) is 0 Å². The Balaban J connectivity index is 3.07. The Bertz CT molecular complexity index is 596. The van der Waals surface area contributed by atoms with Gasteiger partial charge in [0.25, 0.3) is 0 Å². The zero-order valence-electron chi connectivity index (χ0n) is 18.1. The summed E-state index contributed by atoms with van der Waals surface area (Å²) in [5, 5.41) is 10.6. The fourth-order valence-corrected chi connectivity index (χ4v) is 2.89. The molecular weight excluding hydrogens is 392 g/mol. The minimum absolute atomic E-state index is 0.134. The molecule has 5 atom stereocenters. The molecule has 1 aliphatic heterocycles. The van der Waals surface area contributed by atoms with E-state index >= 15 is 0 Å². The predicted molar refractivity (Wildman–Crippen MR) is 108 cm³/mol. The van der Waals surface area contributed by atoms with E-state index in [2.05, 4.69) is 5.92 Å². The highest BCUT2D eigenvalue weighted by molar-refractivity contribution is 5.71. The van der Waals surface area contributed by atoms with Crippen molar-refractivity contribution in [2.45, 2.75) is 109 Å². The number of carbonyl (C=O) groups excluding carboxylic acids is 3. The standard InChI is InChI=1S/C22H34O8/c1-5-9-12-16(23)28-20-19(26)15(8-4)27-22(30-18(25)14-11-7-3)21(20)29-17(24)13-10-6-2/h4,15,19-22,26H,5-7,9-14H2,1-3H3/t15?,19-,20-,21?,22?/m1/s1. The molecule has 0 aliphatic carbocycles. The molecule has 0 saturated carbocycles. The topological polar surface area (TPSA) is 108 Å². The molecule has 3 unspecified atom stereocenters. The molecule has 0 aromatic carbocycles. The maximum atomic E-state index is 12.3. The van der Waals surface area contributed by atoms with Crippen LogP contribution in [0.5, 0.6) is 0 Å². The first-order valence-electron chi connectivity index (χ1n) is 10.8. The summed E-state index contributed by atoms with van der Waals surface area (Å²) in [6.07, 6.45) is 3.40. The van der Waals surface area contributed by atoms with Crippen LogP contribution in [0.4, 0.5) is 0 Å². The molecule has 0 aromatic rings. The minimum atomic E-state index is -1.44. The van der Waals surface area contributed by atoms with E-state index in [1.807, 2.05) is 20.8 Å². The molecule has 0 amide bonds. The van der Waals surface area contributed by atoms with Gasteiger partial charge in [0.2, 0.25) is 12.4 Å². The number of aliphatic hydroxyl groups excluding tert-OH is 1. The van der Waals surface area contributed by atoms with Gasteiger partial charge in [0.15, 0.2) is 12.2 Å². The van der Waals surface area contributed by atoms with Crippen molar-refractivity contribution in [3.8, 4) is 12.3 Å². The average Bonchev–Trinajstić information content (AvgIpc) is 2.73. The van der Waals surface area contributed by atoms with Gasteiger partial charge in [0, 0.05) is 19.3 Å². The molecule has 8 heteroatoms. The van der Waals surface area contributed by atoms with E-state index in [0.29, 0.717) is 19.3 Å². The Labute approximate surface area is 178 Å². The first-order chi connectivity index (χ1) is 14.4. The lowest BCUT2D eigenvalue weighted by molar-refractivity contribution is -0.285. The first-order valence-corrected chi connectivity index (χ1v) is 10.8. The van der Waals surface area contributed by atoms with Gasteiger partial charge in [-0.05, 0) is 19.3 Å². The van der Waals surface area contributed by atoms with Crippen molar-refractivity contribution >= 4 is 17.9 Å². The van der Waals surface area contributed by atoms with Crippen LogP contribution in [0.2, 0.25) is 0 Å². The lowest BCUT2D eigenvalue weighted by Crippen LogP contribution is -2.61. The van der Waals surface area contributed by atoms with Gasteiger partial charge >= 0.3 is 17.9 Å². The summed E-state index contributed by atoms with van der Waals surface area (Å²) in [5.41, 5.74) is 0. The molecule has 0 aromatic heterocycles. The molecule has 170 valence electrons. The zero-order chi connectivity index (χ0) is 22.5. The molecule has 1 N–H and O–H groups in total. The molecular formula is C22H34O8. The predicted octanol–water partition coefficient (Wildman–Crippen LogP) is 2.64. The number of rotatable bonds is 12. The summed E-state index contributed by atoms with van der Waals surface area (Å²) >= 11 is 0. The second-order valence-corrected chi connectivity index (χ2v) is 7.29. The second kappa shape index (κ2) is 14.0. The smallest absolute Gasteiger partial charge is 0.308 e. The second-order valence-electron chi connectivity index (χ2n) is 7.29. The summed E-state index contributed by atoms with van der Waals surface area (Å²) in [7, 11) is 0. The summed E-state index contributed by atoms with van der Waals surface area (Å²) in [5.74, 6) is 0.569. The quantitative estimate of drug-likeness (QED) is 0.288. The van der Waals surface area contributed by atoms with Crippen molar-refractivity contribution in [1.29, 1.82) is 0 Å². The third-order valence-electron chi connectivity index (χ3n) is 4.67. The minimum Gasteiger partial charge on any atom is -0.455 e. The van der Waals surface area contributed by atoms with Crippen LogP contribution in [-0.2, 0) is 33.3 Å². The highest BCUT2D eigenvalue weighted by Gasteiger charge is 2.51. The fraction of sp³-hybridized carbons (Fsp3) is 0.773. The zero-order valence-corrected chi connectivity index (χ0v) is 18.1. The highest BCUT2D eigenvalue weighted by atomic mass is 16.7. The molecule has 8 nitrogen and oxygen atoms in total. The monoisotopic (exact) mass is 426 g/mol. The summed E-state index contributed by atoms with van der Waals surface area (Å²) in [4.78, 5) is 36.6. The van der Waals surface area contributed by atoms with Crippen LogP contribution in [-0.4, -0.2) is 53.7 Å². The third kappa shape index (κ3) is 8.33. The lowest BCUT2D eigenvalue weighted by Gasteiger charge is -2.41. The Morgan fingerprint density at radius 3 is 1.70 bits per heavy atom. The molecule has 0 radical (unpaired) electrons. The molecule has 1 fully saturated rings. The van der Waals surface area contributed by atoms with Gasteiger partial charge < -0.3 is 24.1 Å². The molecule has 0 spiro atoms. The van der Waals surface area contributed by atoms with Crippen molar-refractivity contribution in [1.82, 2.24) is 0 Å². The van der Waals surface area contributed by atoms with Crippen molar-refractivity contribution in [2.24, 2.45) is 0 Å². The maximum Gasteiger partial charge on any atom is 0.308 e.